The van der Waals surface area contributed by atoms with Gasteiger partial charge in [-0.25, -0.2) is 0 Å². The zero-order chi connectivity index (χ0) is 20.7. The maximum absolute atomic E-state index is 12.5. The summed E-state index contributed by atoms with van der Waals surface area (Å²) in [5.74, 6) is -0.529. The number of nitrogens with one attached hydrogen (secondary N) is 4. The summed E-state index contributed by atoms with van der Waals surface area (Å²) in [6.07, 6.45) is 0. The van der Waals surface area contributed by atoms with Crippen LogP contribution in [0.5, 0.6) is 0 Å². The molecule has 0 saturated heterocycles. The third kappa shape index (κ3) is 6.47. The Morgan fingerprint density at radius 2 is 1.54 bits per heavy atom. The first kappa shape index (κ1) is 21.6. The third-order valence-electron chi connectivity index (χ3n) is 4.19. The fourth-order valence-corrected chi connectivity index (χ4v) is 2.86. The van der Waals surface area contributed by atoms with E-state index in [9.17, 15) is 14.4 Å². The van der Waals surface area contributed by atoms with E-state index in [1.54, 1.807) is 44.3 Å². The van der Waals surface area contributed by atoms with Crippen molar-refractivity contribution in [3.05, 3.63) is 53.0 Å². The minimum Gasteiger partial charge on any atom is -0.326 e. The molecule has 3 amide bonds. The topological polar surface area (TPSA) is 91.7 Å². The van der Waals surface area contributed by atoms with E-state index in [4.69, 9.17) is 0 Å². The van der Waals surface area contributed by atoms with Gasteiger partial charge < -0.3 is 20.9 Å². The van der Waals surface area contributed by atoms with E-state index in [-0.39, 0.29) is 24.3 Å². The Bertz CT molecular complexity index is 855. The van der Waals surface area contributed by atoms with Gasteiger partial charge in [0.05, 0.1) is 12.7 Å². The third-order valence-corrected chi connectivity index (χ3v) is 4.88. The van der Waals surface area contributed by atoms with E-state index >= 15 is 0 Å². The van der Waals surface area contributed by atoms with Crippen LogP contribution >= 0.6 is 15.9 Å². The second kappa shape index (κ2) is 10.0. The smallest absolute Gasteiger partial charge is 0.282 e. The Morgan fingerprint density at radius 3 is 2.11 bits per heavy atom. The maximum atomic E-state index is 12.5. The predicted molar refractivity (Wildman–Crippen MR) is 113 cm³/mol. The molecule has 7 nitrogen and oxygen atoms in total. The van der Waals surface area contributed by atoms with E-state index in [2.05, 4.69) is 31.9 Å². The lowest BCUT2D eigenvalue weighted by atomic mass is 10.2. The molecular weight excluding hydrogens is 424 g/mol. The van der Waals surface area contributed by atoms with Crippen molar-refractivity contribution in [2.75, 3.05) is 29.5 Å². The van der Waals surface area contributed by atoms with E-state index < -0.39 is 6.04 Å². The van der Waals surface area contributed by atoms with E-state index in [1.165, 1.54) is 6.92 Å². The van der Waals surface area contributed by atoms with Gasteiger partial charge in [0, 0.05) is 22.8 Å². The number of hydrogen-bond donors (Lipinski definition) is 4. The number of quaternary nitrogens is 1. The van der Waals surface area contributed by atoms with Crippen molar-refractivity contribution >= 4 is 50.7 Å². The van der Waals surface area contributed by atoms with Crippen LogP contribution in [0.25, 0.3) is 0 Å². The molecule has 0 aliphatic carbocycles. The Labute approximate surface area is 172 Å². The Balaban J connectivity index is 1.88. The minimum atomic E-state index is -0.431. The standard InChI is InChI=1S/C20H23BrN4O3/c1-13(20(28)23-16-10-8-15(9-11-16)22-14(2)26)25(3)12-19(27)24-18-7-5-4-6-17(18)21/h4-11,13H,12H2,1-3H3,(H,22,26)(H,23,28)(H,24,27)/p+1/t13-/m1/s1. The van der Waals surface area contributed by atoms with Crippen LogP contribution in [0, 0.1) is 0 Å². The summed E-state index contributed by atoms with van der Waals surface area (Å²) in [5, 5.41) is 8.33. The number of rotatable bonds is 7. The Kier molecular flexibility index (Phi) is 7.71. The molecule has 4 N–H and O–H groups in total. The maximum Gasteiger partial charge on any atom is 0.282 e. The summed E-state index contributed by atoms with van der Waals surface area (Å²) >= 11 is 3.39. The van der Waals surface area contributed by atoms with Crippen LogP contribution in [-0.2, 0) is 14.4 Å². The molecule has 0 aliphatic heterocycles. The van der Waals surface area contributed by atoms with Gasteiger partial charge in [0.15, 0.2) is 12.6 Å². The van der Waals surface area contributed by atoms with Crippen molar-refractivity contribution in [2.45, 2.75) is 19.9 Å². The Morgan fingerprint density at radius 1 is 0.964 bits per heavy atom. The number of carbonyl (C=O) groups excluding carboxylic acids is 3. The average molecular weight is 448 g/mol. The van der Waals surface area contributed by atoms with Gasteiger partial charge in [-0.15, -0.1) is 0 Å². The highest BCUT2D eigenvalue weighted by Crippen LogP contribution is 2.20. The van der Waals surface area contributed by atoms with Crippen LogP contribution in [0.1, 0.15) is 13.8 Å². The van der Waals surface area contributed by atoms with Gasteiger partial charge in [-0.3, -0.25) is 14.4 Å². The lowest BCUT2D eigenvalue weighted by Gasteiger charge is -2.21. The SMILES string of the molecule is CC(=O)Nc1ccc(NC(=O)[C@@H](C)[NH+](C)CC(=O)Nc2ccccc2Br)cc1. The summed E-state index contributed by atoms with van der Waals surface area (Å²) < 4.78 is 0.800. The Hall–Kier alpha value is -2.71. The number of hydrogen-bond acceptors (Lipinski definition) is 3. The zero-order valence-electron chi connectivity index (χ0n) is 16.0. The number of para-hydroxylation sites is 1. The first-order valence-corrected chi connectivity index (χ1v) is 9.60. The molecule has 0 aromatic heterocycles. The first-order valence-electron chi connectivity index (χ1n) is 8.81. The zero-order valence-corrected chi connectivity index (χ0v) is 17.6. The normalized spacial score (nSPS) is 12.6. The number of carbonyl (C=O) groups is 3. The summed E-state index contributed by atoms with van der Waals surface area (Å²) in [4.78, 5) is 36.5. The van der Waals surface area contributed by atoms with Gasteiger partial charge in [-0.1, -0.05) is 12.1 Å². The van der Waals surface area contributed by atoms with Gasteiger partial charge in [0.2, 0.25) is 5.91 Å². The number of likely N-dealkylation sites (N-methyl/N-ethyl adjacent to an activating group) is 1. The first-order chi connectivity index (χ1) is 13.3. The highest BCUT2D eigenvalue weighted by atomic mass is 79.9. The predicted octanol–water partition coefficient (Wildman–Crippen LogP) is 1.89. The molecule has 0 bridgehead atoms. The van der Waals surface area contributed by atoms with E-state index in [1.807, 2.05) is 18.2 Å². The average Bonchev–Trinajstić information content (AvgIpc) is 2.64. The highest BCUT2D eigenvalue weighted by molar-refractivity contribution is 9.10. The van der Waals surface area contributed by atoms with Crippen LogP contribution in [0.15, 0.2) is 53.0 Å². The van der Waals surface area contributed by atoms with Crippen molar-refractivity contribution in [1.82, 2.24) is 0 Å². The molecule has 0 saturated carbocycles. The molecule has 2 atom stereocenters. The molecule has 28 heavy (non-hydrogen) atoms. The van der Waals surface area contributed by atoms with Crippen molar-refractivity contribution < 1.29 is 19.3 Å². The van der Waals surface area contributed by atoms with Gasteiger partial charge >= 0.3 is 0 Å². The minimum absolute atomic E-state index is 0.150. The second-order valence-electron chi connectivity index (χ2n) is 6.52. The second-order valence-corrected chi connectivity index (χ2v) is 7.37. The van der Waals surface area contributed by atoms with Crippen LogP contribution in [0.3, 0.4) is 0 Å². The molecule has 0 aliphatic rings. The highest BCUT2D eigenvalue weighted by Gasteiger charge is 2.24. The van der Waals surface area contributed by atoms with E-state index in [0.29, 0.717) is 17.1 Å². The van der Waals surface area contributed by atoms with Crippen LogP contribution in [0.4, 0.5) is 17.1 Å². The van der Waals surface area contributed by atoms with Crippen molar-refractivity contribution in [3.63, 3.8) is 0 Å². The molecule has 0 radical (unpaired) electrons. The van der Waals surface area contributed by atoms with E-state index in [0.717, 1.165) is 9.37 Å². The molecule has 0 fully saturated rings. The molecule has 0 heterocycles. The van der Waals surface area contributed by atoms with Crippen LogP contribution < -0.4 is 20.9 Å². The fraction of sp³-hybridized carbons (Fsp3) is 0.250. The van der Waals surface area contributed by atoms with Crippen LogP contribution in [-0.4, -0.2) is 37.4 Å². The largest absolute Gasteiger partial charge is 0.326 e. The van der Waals surface area contributed by atoms with Crippen molar-refractivity contribution in [3.8, 4) is 0 Å². The molecule has 2 rings (SSSR count). The monoisotopic (exact) mass is 447 g/mol. The molecule has 8 heteroatoms. The lowest BCUT2D eigenvalue weighted by Crippen LogP contribution is -3.14. The summed E-state index contributed by atoms with van der Waals surface area (Å²) in [5.41, 5.74) is 1.97. The molecular formula is C20H24BrN4O3+. The van der Waals surface area contributed by atoms with Gasteiger partial charge in [-0.05, 0) is 59.3 Å². The van der Waals surface area contributed by atoms with Gasteiger partial charge in [-0.2, -0.15) is 0 Å². The quantitative estimate of drug-likeness (QED) is 0.522. The summed E-state index contributed by atoms with van der Waals surface area (Å²) in [6, 6.07) is 13.8. The molecule has 148 valence electrons. The van der Waals surface area contributed by atoms with Gasteiger partial charge in [0.25, 0.3) is 11.8 Å². The lowest BCUT2D eigenvalue weighted by molar-refractivity contribution is -0.885. The number of amides is 3. The summed E-state index contributed by atoms with van der Waals surface area (Å²) in [7, 11) is 1.80. The number of benzene rings is 2. The molecule has 1 unspecified atom stereocenters. The van der Waals surface area contributed by atoms with Crippen molar-refractivity contribution in [1.29, 1.82) is 0 Å². The van der Waals surface area contributed by atoms with Gasteiger partial charge in [0.1, 0.15) is 0 Å². The number of halogens is 1. The fourth-order valence-electron chi connectivity index (χ4n) is 2.48. The van der Waals surface area contributed by atoms with Crippen LogP contribution in [0.2, 0.25) is 0 Å². The van der Waals surface area contributed by atoms with Crippen molar-refractivity contribution in [2.24, 2.45) is 0 Å². The molecule has 0 spiro atoms. The molecule has 2 aromatic rings. The summed E-state index contributed by atoms with van der Waals surface area (Å²) in [6.45, 7) is 3.35. The molecule has 2 aromatic carbocycles. The number of anilines is 3.